The lowest BCUT2D eigenvalue weighted by molar-refractivity contribution is 0.0952. The van der Waals surface area contributed by atoms with Crippen molar-refractivity contribution in [2.24, 2.45) is 0 Å². The zero-order valence-electron chi connectivity index (χ0n) is 15.6. The van der Waals surface area contributed by atoms with Crippen LogP contribution in [0.15, 0.2) is 61.2 Å². The fraction of sp³-hybridized carbons (Fsp3) is 0.238. The zero-order valence-corrected chi connectivity index (χ0v) is 16.4. The first-order chi connectivity index (χ1) is 13.7. The Labute approximate surface area is 169 Å². The predicted molar refractivity (Wildman–Crippen MR) is 108 cm³/mol. The third-order valence-corrected chi connectivity index (χ3v) is 4.42. The summed E-state index contributed by atoms with van der Waals surface area (Å²) in [6.07, 6.45) is 6.22. The molecule has 1 aromatic heterocycles. The Morgan fingerprint density at radius 3 is 2.71 bits per heavy atom. The van der Waals surface area contributed by atoms with E-state index >= 15 is 0 Å². The summed E-state index contributed by atoms with van der Waals surface area (Å²) in [5.74, 6) is 0.947. The lowest BCUT2D eigenvalue weighted by atomic mass is 10.2. The van der Waals surface area contributed by atoms with Crippen molar-refractivity contribution in [1.29, 1.82) is 0 Å². The zero-order chi connectivity index (χ0) is 19.8. The highest BCUT2D eigenvalue weighted by Gasteiger charge is 2.11. The van der Waals surface area contributed by atoms with Crippen molar-refractivity contribution in [3.8, 4) is 11.5 Å². The second-order valence-corrected chi connectivity index (χ2v) is 6.63. The van der Waals surface area contributed by atoms with Gasteiger partial charge in [0.2, 0.25) is 0 Å². The number of imidazole rings is 1. The first-order valence-corrected chi connectivity index (χ1v) is 9.33. The van der Waals surface area contributed by atoms with Crippen LogP contribution >= 0.6 is 11.6 Å². The lowest BCUT2D eigenvalue weighted by Gasteiger charge is -2.12. The number of ether oxygens (including phenoxy) is 2. The summed E-state index contributed by atoms with van der Waals surface area (Å²) in [5.41, 5.74) is 1.52. The summed E-state index contributed by atoms with van der Waals surface area (Å²) in [5, 5.41) is 3.60. The maximum atomic E-state index is 12.4. The van der Waals surface area contributed by atoms with Gasteiger partial charge in [-0.05, 0) is 42.3 Å². The maximum absolute atomic E-state index is 12.4. The summed E-state index contributed by atoms with van der Waals surface area (Å²) >= 11 is 5.89. The van der Waals surface area contributed by atoms with Crippen LogP contribution in [0, 0.1) is 0 Å². The van der Waals surface area contributed by atoms with Crippen molar-refractivity contribution >= 4 is 17.5 Å². The van der Waals surface area contributed by atoms with E-state index in [1.165, 1.54) is 0 Å². The number of nitrogens with zero attached hydrogens (tertiary/aromatic N) is 2. The molecule has 6 nitrogen and oxygen atoms in total. The summed E-state index contributed by atoms with van der Waals surface area (Å²) in [4.78, 5) is 16.4. The number of benzene rings is 2. The van der Waals surface area contributed by atoms with Crippen LogP contribution in [0.2, 0.25) is 5.02 Å². The molecule has 0 aliphatic carbocycles. The van der Waals surface area contributed by atoms with E-state index < -0.39 is 0 Å². The molecule has 1 N–H and O–H groups in total. The fourth-order valence-electron chi connectivity index (χ4n) is 2.65. The molecule has 0 saturated carbocycles. The van der Waals surface area contributed by atoms with Crippen molar-refractivity contribution in [1.82, 2.24) is 14.9 Å². The Hall–Kier alpha value is -2.99. The monoisotopic (exact) mass is 399 g/mol. The number of amides is 1. The summed E-state index contributed by atoms with van der Waals surface area (Å²) in [7, 11) is 1.55. The van der Waals surface area contributed by atoms with Gasteiger partial charge in [0.25, 0.3) is 5.91 Å². The number of hydrogen-bond acceptors (Lipinski definition) is 4. The molecule has 0 aliphatic rings. The number of rotatable bonds is 9. The van der Waals surface area contributed by atoms with Gasteiger partial charge in [-0.15, -0.1) is 0 Å². The van der Waals surface area contributed by atoms with E-state index in [0.29, 0.717) is 35.2 Å². The van der Waals surface area contributed by atoms with Gasteiger partial charge in [0.15, 0.2) is 11.5 Å². The van der Waals surface area contributed by atoms with Gasteiger partial charge in [-0.2, -0.15) is 0 Å². The molecule has 1 heterocycles. The van der Waals surface area contributed by atoms with E-state index in [1.54, 1.807) is 37.8 Å². The number of methoxy groups -OCH3 is 1. The molecular weight excluding hydrogens is 378 g/mol. The summed E-state index contributed by atoms with van der Waals surface area (Å²) < 4.78 is 13.2. The van der Waals surface area contributed by atoms with Gasteiger partial charge in [-0.1, -0.05) is 23.7 Å². The summed E-state index contributed by atoms with van der Waals surface area (Å²) in [6, 6.07) is 12.6. The molecule has 0 spiro atoms. The SMILES string of the molecule is COc1cc(C(=O)NCCCn2ccnc2)ccc1OCc1ccc(Cl)cc1. The average Bonchev–Trinajstić information content (AvgIpc) is 3.24. The highest BCUT2D eigenvalue weighted by atomic mass is 35.5. The molecule has 146 valence electrons. The first-order valence-electron chi connectivity index (χ1n) is 8.95. The van der Waals surface area contributed by atoms with Gasteiger partial charge in [0.1, 0.15) is 6.61 Å². The molecule has 0 fully saturated rings. The van der Waals surface area contributed by atoms with Crippen molar-refractivity contribution in [3.05, 3.63) is 77.3 Å². The topological polar surface area (TPSA) is 65.4 Å². The molecule has 1 amide bonds. The Morgan fingerprint density at radius 2 is 2.00 bits per heavy atom. The highest BCUT2D eigenvalue weighted by molar-refractivity contribution is 6.30. The molecule has 0 atom stereocenters. The third-order valence-electron chi connectivity index (χ3n) is 4.17. The minimum absolute atomic E-state index is 0.145. The van der Waals surface area contributed by atoms with E-state index in [4.69, 9.17) is 21.1 Å². The van der Waals surface area contributed by atoms with Crippen LogP contribution in [0.4, 0.5) is 0 Å². The van der Waals surface area contributed by atoms with Gasteiger partial charge in [-0.25, -0.2) is 4.98 Å². The highest BCUT2D eigenvalue weighted by Crippen LogP contribution is 2.29. The van der Waals surface area contributed by atoms with Crippen molar-refractivity contribution in [2.75, 3.05) is 13.7 Å². The standard InChI is InChI=1S/C21H22ClN3O3/c1-27-20-13-17(21(26)24-9-2-11-25-12-10-23-15-25)5-8-19(20)28-14-16-3-6-18(22)7-4-16/h3-8,10,12-13,15H,2,9,11,14H2,1H3,(H,24,26). The van der Waals surface area contributed by atoms with Crippen molar-refractivity contribution in [2.45, 2.75) is 19.6 Å². The number of carbonyl (C=O) groups is 1. The number of aryl methyl sites for hydroxylation is 1. The lowest BCUT2D eigenvalue weighted by Crippen LogP contribution is -2.25. The van der Waals surface area contributed by atoms with Gasteiger partial charge < -0.3 is 19.4 Å². The molecule has 0 saturated heterocycles. The van der Waals surface area contributed by atoms with Crippen LogP contribution in [0.25, 0.3) is 0 Å². The van der Waals surface area contributed by atoms with Crippen LogP contribution in [0.5, 0.6) is 11.5 Å². The van der Waals surface area contributed by atoms with Crippen LogP contribution in [-0.4, -0.2) is 29.1 Å². The second-order valence-electron chi connectivity index (χ2n) is 6.19. The molecule has 0 bridgehead atoms. The number of carbonyl (C=O) groups excluding carboxylic acids is 1. The van der Waals surface area contributed by atoms with Gasteiger partial charge in [0.05, 0.1) is 13.4 Å². The van der Waals surface area contributed by atoms with E-state index in [2.05, 4.69) is 10.3 Å². The van der Waals surface area contributed by atoms with Crippen LogP contribution in [0.3, 0.4) is 0 Å². The third kappa shape index (κ3) is 5.50. The van der Waals surface area contributed by atoms with Crippen LogP contribution < -0.4 is 14.8 Å². The quantitative estimate of drug-likeness (QED) is 0.553. The Bertz CT molecular complexity index is 896. The van der Waals surface area contributed by atoms with E-state index in [9.17, 15) is 4.79 Å². The molecule has 0 aliphatic heterocycles. The minimum atomic E-state index is -0.145. The largest absolute Gasteiger partial charge is 0.493 e. The van der Waals surface area contributed by atoms with Gasteiger partial charge in [-0.3, -0.25) is 4.79 Å². The molecular formula is C21H22ClN3O3. The van der Waals surface area contributed by atoms with Gasteiger partial charge >= 0.3 is 0 Å². The number of nitrogens with one attached hydrogen (secondary N) is 1. The van der Waals surface area contributed by atoms with Crippen LogP contribution in [-0.2, 0) is 13.2 Å². The predicted octanol–water partition coefficient (Wildman–Crippen LogP) is 3.94. The number of aromatic nitrogens is 2. The van der Waals surface area contributed by atoms with Crippen LogP contribution in [0.1, 0.15) is 22.3 Å². The van der Waals surface area contributed by atoms with Crippen molar-refractivity contribution < 1.29 is 14.3 Å². The van der Waals surface area contributed by atoms with E-state index in [-0.39, 0.29) is 5.91 Å². The Kier molecular flexibility index (Phi) is 6.92. The second kappa shape index (κ2) is 9.80. The average molecular weight is 400 g/mol. The molecule has 0 radical (unpaired) electrons. The molecule has 0 unspecified atom stereocenters. The minimum Gasteiger partial charge on any atom is -0.493 e. The smallest absolute Gasteiger partial charge is 0.251 e. The Balaban J connectivity index is 1.53. The molecule has 2 aromatic carbocycles. The van der Waals surface area contributed by atoms with Crippen molar-refractivity contribution in [3.63, 3.8) is 0 Å². The molecule has 28 heavy (non-hydrogen) atoms. The van der Waals surface area contributed by atoms with E-state index in [1.807, 2.05) is 35.0 Å². The number of hydrogen-bond donors (Lipinski definition) is 1. The maximum Gasteiger partial charge on any atom is 0.251 e. The van der Waals surface area contributed by atoms with Gasteiger partial charge in [0, 0.05) is 36.1 Å². The molecule has 3 aromatic rings. The normalized spacial score (nSPS) is 10.5. The summed E-state index contributed by atoms with van der Waals surface area (Å²) in [6.45, 7) is 1.77. The van der Waals surface area contributed by atoms with E-state index in [0.717, 1.165) is 18.5 Å². The molecule has 7 heteroatoms. The fourth-order valence-corrected chi connectivity index (χ4v) is 2.78. The number of halogens is 1. The molecule has 3 rings (SSSR count). The Morgan fingerprint density at radius 1 is 1.18 bits per heavy atom. The first kappa shape index (κ1) is 19.8.